The fourth-order valence-corrected chi connectivity index (χ4v) is 3.75. The molecule has 0 spiro atoms. The van der Waals surface area contributed by atoms with Gasteiger partial charge in [0.2, 0.25) is 15.6 Å². The Morgan fingerprint density at radius 3 is 2.04 bits per heavy atom. The van der Waals surface area contributed by atoms with Crippen LogP contribution in [0.1, 0.15) is 6.92 Å². The first kappa shape index (κ1) is 18.7. The van der Waals surface area contributed by atoms with Crippen LogP contribution in [0.5, 0.6) is 0 Å². The van der Waals surface area contributed by atoms with E-state index in [1.165, 1.54) is 12.1 Å². The van der Waals surface area contributed by atoms with E-state index < -0.39 is 27.7 Å². The van der Waals surface area contributed by atoms with Crippen LogP contribution in [-0.4, -0.2) is 66.6 Å². The molecule has 1 N–H and O–H groups in total. The van der Waals surface area contributed by atoms with Crippen molar-refractivity contribution in [2.75, 3.05) is 26.2 Å². The van der Waals surface area contributed by atoms with E-state index in [0.717, 1.165) is 9.21 Å². The summed E-state index contributed by atoms with van der Waals surface area (Å²) in [5.41, 5.74) is -3.49. The number of alkyl halides is 3. The average Bonchev–Trinajstić information content (AvgIpc) is 2.54. The van der Waals surface area contributed by atoms with Crippen molar-refractivity contribution in [3.63, 3.8) is 0 Å². The van der Waals surface area contributed by atoms with Crippen LogP contribution in [0.15, 0.2) is 35.2 Å². The molecule has 1 aliphatic heterocycles. The highest BCUT2D eigenvalue weighted by molar-refractivity contribution is 7.89. The average molecular weight is 366 g/mol. The van der Waals surface area contributed by atoms with Crippen molar-refractivity contribution < 1.29 is 31.5 Å². The molecule has 1 saturated heterocycles. The van der Waals surface area contributed by atoms with Crippen molar-refractivity contribution in [3.05, 3.63) is 30.3 Å². The number of sulfonamides is 1. The Balaban J connectivity index is 2.08. The van der Waals surface area contributed by atoms with Gasteiger partial charge in [-0.25, -0.2) is 8.42 Å². The molecule has 1 aromatic rings. The zero-order chi connectivity index (χ0) is 18.2. The highest BCUT2D eigenvalue weighted by Gasteiger charge is 2.57. The van der Waals surface area contributed by atoms with Crippen molar-refractivity contribution in [2.24, 2.45) is 0 Å². The maximum atomic E-state index is 12.7. The van der Waals surface area contributed by atoms with Gasteiger partial charge in [-0.15, -0.1) is 0 Å². The monoisotopic (exact) mass is 366 g/mol. The smallest absolute Gasteiger partial charge is 0.373 e. The lowest BCUT2D eigenvalue weighted by atomic mass is 10.0. The SMILES string of the molecule is C[C@@](O)(C(=O)N1CCN(S(=O)(=O)c2ccccc2)CC1)C(F)(F)F. The van der Waals surface area contributed by atoms with E-state index in [-0.39, 0.29) is 31.1 Å². The van der Waals surface area contributed by atoms with Crippen LogP contribution in [0.2, 0.25) is 0 Å². The minimum atomic E-state index is -5.10. The molecule has 2 rings (SSSR count). The number of hydrogen-bond donors (Lipinski definition) is 1. The molecule has 24 heavy (non-hydrogen) atoms. The molecule has 10 heteroatoms. The van der Waals surface area contributed by atoms with E-state index in [1.807, 2.05) is 0 Å². The van der Waals surface area contributed by atoms with E-state index >= 15 is 0 Å². The molecule has 1 atom stereocenters. The predicted octanol–water partition coefficient (Wildman–Crippen LogP) is 0.833. The predicted molar refractivity (Wildman–Crippen MR) is 78.5 cm³/mol. The molecule has 0 radical (unpaired) electrons. The van der Waals surface area contributed by atoms with Crippen molar-refractivity contribution >= 4 is 15.9 Å². The van der Waals surface area contributed by atoms with Gasteiger partial charge < -0.3 is 10.0 Å². The molecular formula is C14H17F3N2O4S. The summed E-state index contributed by atoms with van der Waals surface area (Å²) in [4.78, 5) is 12.8. The maximum absolute atomic E-state index is 12.7. The van der Waals surface area contributed by atoms with Gasteiger partial charge in [-0.2, -0.15) is 17.5 Å². The Kier molecular flexibility index (Phi) is 4.93. The Bertz CT molecular complexity index is 696. The van der Waals surface area contributed by atoms with Gasteiger partial charge in [-0.1, -0.05) is 18.2 Å². The van der Waals surface area contributed by atoms with Crippen LogP contribution < -0.4 is 0 Å². The Morgan fingerprint density at radius 2 is 1.58 bits per heavy atom. The molecule has 1 aromatic carbocycles. The third-order valence-electron chi connectivity index (χ3n) is 3.88. The van der Waals surface area contributed by atoms with E-state index in [4.69, 9.17) is 0 Å². The molecule has 0 saturated carbocycles. The number of carbonyl (C=O) groups is 1. The molecule has 1 aliphatic rings. The zero-order valence-electron chi connectivity index (χ0n) is 12.8. The lowest BCUT2D eigenvalue weighted by molar-refractivity contribution is -0.250. The summed E-state index contributed by atoms with van der Waals surface area (Å²) in [5.74, 6) is -1.48. The molecule has 1 amide bonds. The molecule has 134 valence electrons. The number of benzene rings is 1. The second-order valence-electron chi connectivity index (χ2n) is 5.58. The molecule has 1 fully saturated rings. The fourth-order valence-electron chi connectivity index (χ4n) is 2.30. The first-order valence-electron chi connectivity index (χ1n) is 7.11. The molecule has 6 nitrogen and oxygen atoms in total. The van der Waals surface area contributed by atoms with Crippen molar-refractivity contribution in [1.82, 2.24) is 9.21 Å². The minimum absolute atomic E-state index is 0.0760. The van der Waals surface area contributed by atoms with Crippen LogP contribution in [0, 0.1) is 0 Å². The van der Waals surface area contributed by atoms with Crippen molar-refractivity contribution in [3.8, 4) is 0 Å². The normalized spacial score (nSPS) is 19.8. The number of nitrogens with zero attached hydrogens (tertiary/aromatic N) is 2. The standard InChI is InChI=1S/C14H17F3N2O4S/c1-13(21,14(15,16)17)12(20)18-7-9-19(10-8-18)24(22,23)11-5-3-2-4-6-11/h2-6,21H,7-10H2,1H3/t13-/m1/s1. The number of carbonyl (C=O) groups excluding carboxylic acids is 1. The molecule has 0 aromatic heterocycles. The Labute approximate surface area is 137 Å². The van der Waals surface area contributed by atoms with E-state index in [1.54, 1.807) is 18.2 Å². The van der Waals surface area contributed by atoms with Gasteiger partial charge in [0.05, 0.1) is 4.90 Å². The third kappa shape index (κ3) is 3.40. The first-order valence-corrected chi connectivity index (χ1v) is 8.55. The first-order chi connectivity index (χ1) is 11.0. The molecular weight excluding hydrogens is 349 g/mol. The summed E-state index contributed by atoms with van der Waals surface area (Å²) in [7, 11) is -3.76. The number of rotatable bonds is 3. The van der Waals surface area contributed by atoms with Gasteiger partial charge in [0.25, 0.3) is 5.91 Å². The second-order valence-corrected chi connectivity index (χ2v) is 7.52. The summed E-state index contributed by atoms with van der Waals surface area (Å²) in [6.45, 7) is -0.343. The Morgan fingerprint density at radius 1 is 1.08 bits per heavy atom. The van der Waals surface area contributed by atoms with Crippen LogP contribution >= 0.6 is 0 Å². The van der Waals surface area contributed by atoms with Crippen LogP contribution in [0.25, 0.3) is 0 Å². The maximum Gasteiger partial charge on any atom is 0.426 e. The van der Waals surface area contributed by atoms with Gasteiger partial charge in [0.15, 0.2) is 0 Å². The van der Waals surface area contributed by atoms with Gasteiger partial charge in [-0.05, 0) is 19.1 Å². The third-order valence-corrected chi connectivity index (χ3v) is 5.79. The summed E-state index contributed by atoms with van der Waals surface area (Å²) in [5, 5.41) is 9.43. The second kappa shape index (κ2) is 6.34. The minimum Gasteiger partial charge on any atom is -0.373 e. The lowest BCUT2D eigenvalue weighted by Crippen LogP contribution is -2.60. The van der Waals surface area contributed by atoms with Crippen molar-refractivity contribution in [2.45, 2.75) is 23.6 Å². The number of hydrogen-bond acceptors (Lipinski definition) is 4. The van der Waals surface area contributed by atoms with E-state index in [9.17, 15) is 31.5 Å². The largest absolute Gasteiger partial charge is 0.426 e. The van der Waals surface area contributed by atoms with E-state index in [0.29, 0.717) is 6.92 Å². The van der Waals surface area contributed by atoms with Gasteiger partial charge in [0, 0.05) is 26.2 Å². The highest BCUT2D eigenvalue weighted by atomic mass is 32.2. The Hall–Kier alpha value is -1.65. The van der Waals surface area contributed by atoms with Crippen LogP contribution in [-0.2, 0) is 14.8 Å². The number of piperazine rings is 1. The quantitative estimate of drug-likeness (QED) is 0.860. The van der Waals surface area contributed by atoms with Crippen LogP contribution in [0.4, 0.5) is 13.2 Å². The van der Waals surface area contributed by atoms with Gasteiger partial charge >= 0.3 is 6.18 Å². The molecule has 0 unspecified atom stereocenters. The summed E-state index contributed by atoms with van der Waals surface area (Å²) >= 11 is 0. The zero-order valence-corrected chi connectivity index (χ0v) is 13.6. The lowest BCUT2D eigenvalue weighted by Gasteiger charge is -2.37. The highest BCUT2D eigenvalue weighted by Crippen LogP contribution is 2.32. The molecule has 0 aliphatic carbocycles. The number of aliphatic hydroxyl groups is 1. The summed E-state index contributed by atoms with van der Waals surface area (Å²) in [6.07, 6.45) is -5.10. The van der Waals surface area contributed by atoms with E-state index in [2.05, 4.69) is 0 Å². The summed E-state index contributed by atoms with van der Waals surface area (Å²) < 4.78 is 64.1. The van der Waals surface area contributed by atoms with Gasteiger partial charge in [-0.3, -0.25) is 4.79 Å². The van der Waals surface area contributed by atoms with Crippen LogP contribution in [0.3, 0.4) is 0 Å². The van der Waals surface area contributed by atoms with Crippen molar-refractivity contribution in [1.29, 1.82) is 0 Å². The number of halogens is 3. The van der Waals surface area contributed by atoms with Gasteiger partial charge in [0.1, 0.15) is 0 Å². The fraction of sp³-hybridized carbons (Fsp3) is 0.500. The molecule has 1 heterocycles. The topological polar surface area (TPSA) is 77.9 Å². The molecule has 0 bridgehead atoms. The number of amides is 1. The summed E-state index contributed by atoms with van der Waals surface area (Å²) in [6, 6.07) is 7.62.